The molecule has 3 heteroatoms. The lowest BCUT2D eigenvalue weighted by Gasteiger charge is -2.34. The van der Waals surface area contributed by atoms with E-state index < -0.39 is 0 Å². The van der Waals surface area contributed by atoms with Crippen LogP contribution in [0.4, 0.5) is 0 Å². The summed E-state index contributed by atoms with van der Waals surface area (Å²) in [4.78, 5) is 14.7. The summed E-state index contributed by atoms with van der Waals surface area (Å²) in [6.07, 6.45) is 3.34. The van der Waals surface area contributed by atoms with Gasteiger partial charge in [-0.05, 0) is 37.0 Å². The minimum Gasteiger partial charge on any atom is -0.302 e. The van der Waals surface area contributed by atoms with Crippen LogP contribution in [0.1, 0.15) is 33.1 Å². The van der Waals surface area contributed by atoms with Crippen molar-refractivity contribution in [3.63, 3.8) is 0 Å². The maximum atomic E-state index is 12.1. The summed E-state index contributed by atoms with van der Waals surface area (Å²) < 4.78 is 0. The summed E-state index contributed by atoms with van der Waals surface area (Å²) in [6.45, 7) is 7.88. The lowest BCUT2D eigenvalue weighted by atomic mass is 9.74. The first kappa shape index (κ1) is 13.4. The molecule has 1 saturated heterocycles. The molecule has 1 saturated carbocycles. The topological polar surface area (TPSA) is 20.3 Å². The number of nitrogens with zero attached hydrogens (tertiary/aromatic N) is 1. The monoisotopic (exact) mass is 255 g/mol. The van der Waals surface area contributed by atoms with Gasteiger partial charge in [-0.2, -0.15) is 11.8 Å². The Kier molecular flexibility index (Phi) is 4.92. The van der Waals surface area contributed by atoms with E-state index in [0.29, 0.717) is 23.5 Å². The van der Waals surface area contributed by atoms with Gasteiger partial charge >= 0.3 is 0 Å². The lowest BCUT2D eigenvalue weighted by Crippen LogP contribution is -2.41. The fraction of sp³-hybridized carbons (Fsp3) is 0.929. The highest BCUT2D eigenvalue weighted by atomic mass is 32.2. The molecule has 0 aromatic rings. The molecule has 0 aromatic heterocycles. The number of ketones is 1. The van der Waals surface area contributed by atoms with Crippen molar-refractivity contribution in [1.82, 2.24) is 4.90 Å². The molecule has 0 spiro atoms. The van der Waals surface area contributed by atoms with Gasteiger partial charge in [0.2, 0.25) is 0 Å². The molecule has 1 aliphatic carbocycles. The third kappa shape index (κ3) is 3.72. The molecule has 2 nitrogen and oxygen atoms in total. The quantitative estimate of drug-likeness (QED) is 0.756. The Labute approximate surface area is 110 Å². The van der Waals surface area contributed by atoms with Crippen LogP contribution in [0.2, 0.25) is 0 Å². The zero-order chi connectivity index (χ0) is 12.3. The Hall–Kier alpha value is -0.0200. The molecular formula is C14H25NOS. The van der Waals surface area contributed by atoms with E-state index in [1.807, 2.05) is 0 Å². The average Bonchev–Trinajstić information content (AvgIpc) is 2.51. The Bertz CT molecular complexity index is 261. The molecule has 2 rings (SSSR count). The number of carbonyl (C=O) groups is 1. The second-order valence-corrected chi connectivity index (χ2v) is 7.09. The van der Waals surface area contributed by atoms with Gasteiger partial charge < -0.3 is 4.90 Å². The molecule has 0 aromatic carbocycles. The van der Waals surface area contributed by atoms with E-state index in [1.54, 1.807) is 0 Å². The van der Waals surface area contributed by atoms with Crippen molar-refractivity contribution in [2.24, 2.45) is 17.8 Å². The maximum absolute atomic E-state index is 12.1. The number of carbonyl (C=O) groups excluding carboxylic acids is 1. The van der Waals surface area contributed by atoms with Gasteiger partial charge in [-0.15, -0.1) is 0 Å². The van der Waals surface area contributed by atoms with Crippen molar-refractivity contribution in [3.8, 4) is 0 Å². The van der Waals surface area contributed by atoms with E-state index in [1.165, 1.54) is 37.4 Å². The highest BCUT2D eigenvalue weighted by molar-refractivity contribution is 7.99. The highest BCUT2D eigenvalue weighted by Crippen LogP contribution is 2.31. The molecule has 17 heavy (non-hydrogen) atoms. The number of rotatable bonds is 2. The summed E-state index contributed by atoms with van der Waals surface area (Å²) in [5.41, 5.74) is 0. The van der Waals surface area contributed by atoms with Gasteiger partial charge in [-0.3, -0.25) is 4.79 Å². The fourth-order valence-corrected chi connectivity index (χ4v) is 4.16. The van der Waals surface area contributed by atoms with Crippen molar-refractivity contribution in [2.75, 3.05) is 31.1 Å². The Balaban J connectivity index is 1.89. The minimum absolute atomic E-state index is 0.314. The first-order chi connectivity index (χ1) is 8.16. The predicted octanol–water partition coefficient (Wildman–Crippen LogP) is 2.68. The van der Waals surface area contributed by atoms with E-state index in [2.05, 4.69) is 30.5 Å². The van der Waals surface area contributed by atoms with Crippen molar-refractivity contribution >= 4 is 17.5 Å². The van der Waals surface area contributed by atoms with Gasteiger partial charge in [-0.1, -0.05) is 13.8 Å². The molecule has 3 unspecified atom stereocenters. The van der Waals surface area contributed by atoms with E-state index in [9.17, 15) is 4.79 Å². The summed E-state index contributed by atoms with van der Waals surface area (Å²) in [5, 5.41) is 0. The third-order valence-corrected chi connectivity index (χ3v) is 5.24. The first-order valence-corrected chi connectivity index (χ1v) is 8.15. The van der Waals surface area contributed by atoms with E-state index >= 15 is 0 Å². The normalized spacial score (nSPS) is 36.8. The molecular weight excluding hydrogens is 230 g/mol. The molecule has 2 fully saturated rings. The Morgan fingerprint density at radius 2 is 2.12 bits per heavy atom. The van der Waals surface area contributed by atoms with Crippen molar-refractivity contribution in [3.05, 3.63) is 0 Å². The van der Waals surface area contributed by atoms with Crippen LogP contribution in [-0.2, 0) is 4.79 Å². The summed E-state index contributed by atoms with van der Waals surface area (Å²) in [5.74, 6) is 4.56. The van der Waals surface area contributed by atoms with Gasteiger partial charge in [0.15, 0.2) is 0 Å². The summed E-state index contributed by atoms with van der Waals surface area (Å²) in [6, 6.07) is 0. The number of thioether (sulfide) groups is 1. The van der Waals surface area contributed by atoms with Crippen molar-refractivity contribution < 1.29 is 4.79 Å². The second kappa shape index (κ2) is 6.24. The molecule has 0 N–H and O–H groups in total. The van der Waals surface area contributed by atoms with Crippen LogP contribution in [0, 0.1) is 17.8 Å². The van der Waals surface area contributed by atoms with Crippen LogP contribution in [0.15, 0.2) is 0 Å². The lowest BCUT2D eigenvalue weighted by molar-refractivity contribution is -0.128. The standard InChI is InChI=1S/C14H25NOS/c1-11-8-12(2)13(14(16)9-11)10-15-4-3-6-17-7-5-15/h11-13H,3-10H2,1-2H3. The largest absolute Gasteiger partial charge is 0.302 e. The molecule has 1 aliphatic heterocycles. The van der Waals surface area contributed by atoms with Crippen LogP contribution in [0.5, 0.6) is 0 Å². The molecule has 3 atom stereocenters. The molecule has 98 valence electrons. The van der Waals surface area contributed by atoms with E-state index in [4.69, 9.17) is 0 Å². The van der Waals surface area contributed by atoms with Crippen LogP contribution in [-0.4, -0.2) is 41.8 Å². The SMILES string of the molecule is CC1CC(=O)C(CN2CCCSCC2)C(C)C1. The van der Waals surface area contributed by atoms with Crippen LogP contribution >= 0.6 is 11.8 Å². The smallest absolute Gasteiger partial charge is 0.137 e. The number of Topliss-reactive ketones (excluding diaryl/α,β-unsaturated/α-hetero) is 1. The van der Waals surface area contributed by atoms with Gasteiger partial charge in [0.05, 0.1) is 0 Å². The third-order valence-electron chi connectivity index (χ3n) is 4.19. The second-order valence-electron chi connectivity index (χ2n) is 5.86. The summed E-state index contributed by atoms with van der Waals surface area (Å²) >= 11 is 2.06. The average molecular weight is 255 g/mol. The van der Waals surface area contributed by atoms with Crippen LogP contribution < -0.4 is 0 Å². The van der Waals surface area contributed by atoms with E-state index in [-0.39, 0.29) is 0 Å². The van der Waals surface area contributed by atoms with E-state index in [0.717, 1.165) is 13.0 Å². The first-order valence-electron chi connectivity index (χ1n) is 6.99. The maximum Gasteiger partial charge on any atom is 0.137 e. The highest BCUT2D eigenvalue weighted by Gasteiger charge is 2.33. The molecule has 0 amide bonds. The minimum atomic E-state index is 0.314. The number of hydrogen-bond donors (Lipinski definition) is 0. The molecule has 0 bridgehead atoms. The zero-order valence-electron chi connectivity index (χ0n) is 11.2. The predicted molar refractivity (Wildman–Crippen MR) is 74.4 cm³/mol. The van der Waals surface area contributed by atoms with Gasteiger partial charge in [0, 0.05) is 31.2 Å². The summed E-state index contributed by atoms with van der Waals surface area (Å²) in [7, 11) is 0. The fourth-order valence-electron chi connectivity index (χ4n) is 3.23. The Morgan fingerprint density at radius 3 is 2.88 bits per heavy atom. The molecule has 2 aliphatic rings. The van der Waals surface area contributed by atoms with Gasteiger partial charge in [-0.25, -0.2) is 0 Å². The molecule has 0 radical (unpaired) electrons. The van der Waals surface area contributed by atoms with Crippen LogP contribution in [0.25, 0.3) is 0 Å². The number of hydrogen-bond acceptors (Lipinski definition) is 3. The Morgan fingerprint density at radius 1 is 1.29 bits per heavy atom. The molecule has 1 heterocycles. The zero-order valence-corrected chi connectivity index (χ0v) is 12.0. The van der Waals surface area contributed by atoms with Crippen molar-refractivity contribution in [1.29, 1.82) is 0 Å². The van der Waals surface area contributed by atoms with Crippen LogP contribution in [0.3, 0.4) is 0 Å². The van der Waals surface area contributed by atoms with Gasteiger partial charge in [0.1, 0.15) is 5.78 Å². The van der Waals surface area contributed by atoms with Crippen molar-refractivity contribution in [2.45, 2.75) is 33.1 Å². The van der Waals surface area contributed by atoms with Gasteiger partial charge in [0.25, 0.3) is 0 Å².